The molecule has 0 aromatic heterocycles. The molecule has 0 spiro atoms. The normalized spacial score (nSPS) is 10.4. The van der Waals surface area contributed by atoms with E-state index in [2.05, 4.69) is 43.3 Å². The van der Waals surface area contributed by atoms with E-state index < -0.39 is 0 Å². The van der Waals surface area contributed by atoms with E-state index in [1.54, 1.807) is 11.8 Å². The second kappa shape index (κ2) is 4.62. The Morgan fingerprint density at radius 3 is 2.38 bits per heavy atom. The fourth-order valence-electron chi connectivity index (χ4n) is 1.48. The van der Waals surface area contributed by atoms with Gasteiger partial charge in [-0.25, -0.2) is 0 Å². The Labute approximate surface area is 101 Å². The maximum Gasteiger partial charge on any atom is 0.0355 e. The van der Waals surface area contributed by atoms with E-state index in [0.29, 0.717) is 0 Å². The highest BCUT2D eigenvalue weighted by molar-refractivity contribution is 7.99. The molecule has 0 saturated carbocycles. The summed E-state index contributed by atoms with van der Waals surface area (Å²) in [5.74, 6) is 0. The number of benzene rings is 2. The fraction of sp³-hybridized carbons (Fsp3) is 0.143. The van der Waals surface area contributed by atoms with Crippen LogP contribution in [0.2, 0.25) is 0 Å². The lowest BCUT2D eigenvalue weighted by Crippen LogP contribution is -1.89. The Hall–Kier alpha value is -1.41. The zero-order valence-corrected chi connectivity index (χ0v) is 10.3. The lowest BCUT2D eigenvalue weighted by Gasteiger charge is -2.07. The molecule has 0 amide bonds. The average Bonchev–Trinajstić information content (AvgIpc) is 2.27. The molecule has 0 aliphatic heterocycles. The second-order valence-electron chi connectivity index (χ2n) is 3.89. The van der Waals surface area contributed by atoms with E-state index in [0.717, 1.165) is 11.3 Å². The van der Waals surface area contributed by atoms with Crippen LogP contribution in [0.4, 0.5) is 5.69 Å². The molecule has 1 nitrogen and oxygen atoms in total. The highest BCUT2D eigenvalue weighted by atomic mass is 32.2. The Bertz CT molecular complexity index is 506. The summed E-state index contributed by atoms with van der Waals surface area (Å²) in [6.45, 7) is 4.15. The van der Waals surface area contributed by atoms with Gasteiger partial charge in [0.2, 0.25) is 0 Å². The van der Waals surface area contributed by atoms with E-state index in [9.17, 15) is 0 Å². The summed E-state index contributed by atoms with van der Waals surface area (Å²) in [6, 6.07) is 14.6. The minimum Gasteiger partial charge on any atom is -0.398 e. The van der Waals surface area contributed by atoms with Crippen molar-refractivity contribution in [3.63, 3.8) is 0 Å². The smallest absolute Gasteiger partial charge is 0.0355 e. The summed E-state index contributed by atoms with van der Waals surface area (Å²) in [4.78, 5) is 2.48. The number of rotatable bonds is 2. The third-order valence-electron chi connectivity index (χ3n) is 2.57. The van der Waals surface area contributed by atoms with E-state index in [1.807, 2.05) is 13.0 Å². The van der Waals surface area contributed by atoms with Crippen molar-refractivity contribution < 1.29 is 0 Å². The molecular formula is C14H15NS. The van der Waals surface area contributed by atoms with Gasteiger partial charge in [-0.15, -0.1) is 0 Å². The molecule has 0 heterocycles. The summed E-state index contributed by atoms with van der Waals surface area (Å²) in [5.41, 5.74) is 9.19. The zero-order chi connectivity index (χ0) is 11.5. The van der Waals surface area contributed by atoms with Gasteiger partial charge in [-0.1, -0.05) is 36.0 Å². The second-order valence-corrected chi connectivity index (χ2v) is 5.00. The van der Waals surface area contributed by atoms with Crippen molar-refractivity contribution >= 4 is 17.4 Å². The third kappa shape index (κ3) is 2.39. The van der Waals surface area contributed by atoms with Gasteiger partial charge in [0.15, 0.2) is 0 Å². The van der Waals surface area contributed by atoms with Gasteiger partial charge in [0.25, 0.3) is 0 Å². The van der Waals surface area contributed by atoms with E-state index in [1.165, 1.54) is 15.4 Å². The first kappa shape index (κ1) is 11.1. The molecule has 2 aromatic carbocycles. The van der Waals surface area contributed by atoms with E-state index in [-0.39, 0.29) is 0 Å². The van der Waals surface area contributed by atoms with Crippen LogP contribution in [0.5, 0.6) is 0 Å². The Balaban J connectivity index is 2.28. The Morgan fingerprint density at radius 1 is 0.938 bits per heavy atom. The van der Waals surface area contributed by atoms with Crippen molar-refractivity contribution in [2.45, 2.75) is 23.6 Å². The minimum absolute atomic E-state index is 0.860. The minimum atomic E-state index is 0.860. The molecule has 0 atom stereocenters. The molecule has 16 heavy (non-hydrogen) atoms. The molecule has 0 unspecified atom stereocenters. The molecule has 82 valence electrons. The fourth-order valence-corrected chi connectivity index (χ4v) is 2.43. The van der Waals surface area contributed by atoms with E-state index in [4.69, 9.17) is 5.73 Å². The highest BCUT2D eigenvalue weighted by Gasteiger charge is 2.01. The van der Waals surface area contributed by atoms with Crippen LogP contribution in [0.1, 0.15) is 11.1 Å². The van der Waals surface area contributed by atoms with Crippen molar-refractivity contribution in [2.75, 3.05) is 5.73 Å². The molecule has 0 fully saturated rings. The topological polar surface area (TPSA) is 26.0 Å². The molecule has 2 aromatic rings. The molecule has 2 rings (SSSR count). The Morgan fingerprint density at radius 2 is 1.69 bits per heavy atom. The van der Waals surface area contributed by atoms with Crippen molar-refractivity contribution in [1.82, 2.24) is 0 Å². The molecule has 2 N–H and O–H groups in total. The van der Waals surface area contributed by atoms with Crippen molar-refractivity contribution in [3.05, 3.63) is 53.6 Å². The summed E-state index contributed by atoms with van der Waals surface area (Å²) in [7, 11) is 0. The molecular weight excluding hydrogens is 214 g/mol. The number of aryl methyl sites for hydroxylation is 2. The van der Waals surface area contributed by atoms with Crippen LogP contribution in [0.3, 0.4) is 0 Å². The predicted octanol–water partition coefficient (Wildman–Crippen LogP) is 4.04. The summed E-state index contributed by atoms with van der Waals surface area (Å²) < 4.78 is 0. The zero-order valence-electron chi connectivity index (χ0n) is 9.53. The van der Waals surface area contributed by atoms with Crippen LogP contribution in [0.25, 0.3) is 0 Å². The highest BCUT2D eigenvalue weighted by Crippen LogP contribution is 2.31. The average molecular weight is 229 g/mol. The van der Waals surface area contributed by atoms with Crippen LogP contribution >= 0.6 is 11.8 Å². The third-order valence-corrected chi connectivity index (χ3v) is 3.74. The molecule has 0 bridgehead atoms. The predicted molar refractivity (Wildman–Crippen MR) is 70.9 cm³/mol. The summed E-state index contributed by atoms with van der Waals surface area (Å²) >= 11 is 1.76. The van der Waals surface area contributed by atoms with Crippen LogP contribution in [-0.2, 0) is 0 Å². The number of hydrogen-bond donors (Lipinski definition) is 1. The van der Waals surface area contributed by atoms with Crippen LogP contribution < -0.4 is 5.73 Å². The van der Waals surface area contributed by atoms with Gasteiger partial charge < -0.3 is 5.73 Å². The SMILES string of the molecule is Cc1ccc(Sc2ccccc2C)cc1N. The van der Waals surface area contributed by atoms with Gasteiger partial charge in [0.05, 0.1) is 0 Å². The molecule has 0 radical (unpaired) electrons. The maximum atomic E-state index is 5.90. The van der Waals surface area contributed by atoms with Crippen LogP contribution in [-0.4, -0.2) is 0 Å². The van der Waals surface area contributed by atoms with Gasteiger partial charge in [-0.2, -0.15) is 0 Å². The van der Waals surface area contributed by atoms with Crippen LogP contribution in [0, 0.1) is 13.8 Å². The number of hydrogen-bond acceptors (Lipinski definition) is 2. The number of nitrogens with two attached hydrogens (primary N) is 1. The first-order chi connectivity index (χ1) is 7.66. The number of anilines is 1. The quantitative estimate of drug-likeness (QED) is 0.787. The van der Waals surface area contributed by atoms with Crippen LogP contribution in [0.15, 0.2) is 52.3 Å². The van der Waals surface area contributed by atoms with Gasteiger partial charge in [-0.3, -0.25) is 0 Å². The van der Waals surface area contributed by atoms with Gasteiger partial charge in [0.1, 0.15) is 0 Å². The summed E-state index contributed by atoms with van der Waals surface area (Å²) in [6.07, 6.45) is 0. The van der Waals surface area contributed by atoms with Gasteiger partial charge in [0, 0.05) is 15.5 Å². The summed E-state index contributed by atoms with van der Waals surface area (Å²) in [5, 5.41) is 0. The lowest BCUT2D eigenvalue weighted by atomic mass is 10.2. The molecule has 0 aliphatic rings. The largest absolute Gasteiger partial charge is 0.398 e. The van der Waals surface area contributed by atoms with E-state index >= 15 is 0 Å². The van der Waals surface area contributed by atoms with Crippen molar-refractivity contribution in [1.29, 1.82) is 0 Å². The maximum absolute atomic E-state index is 5.90. The molecule has 0 aliphatic carbocycles. The van der Waals surface area contributed by atoms with Gasteiger partial charge in [-0.05, 0) is 43.2 Å². The Kier molecular flexibility index (Phi) is 3.20. The standard InChI is InChI=1S/C14H15NS/c1-10-7-8-12(9-13(10)15)16-14-6-4-3-5-11(14)2/h3-9H,15H2,1-2H3. The first-order valence-electron chi connectivity index (χ1n) is 5.26. The van der Waals surface area contributed by atoms with Gasteiger partial charge >= 0.3 is 0 Å². The van der Waals surface area contributed by atoms with Crippen molar-refractivity contribution in [3.8, 4) is 0 Å². The monoisotopic (exact) mass is 229 g/mol. The van der Waals surface area contributed by atoms with Crippen molar-refractivity contribution in [2.24, 2.45) is 0 Å². The number of nitrogen functional groups attached to an aromatic ring is 1. The molecule has 0 saturated heterocycles. The lowest BCUT2D eigenvalue weighted by molar-refractivity contribution is 1.29. The molecule has 2 heteroatoms. The first-order valence-corrected chi connectivity index (χ1v) is 6.08.